The second kappa shape index (κ2) is 4.92. The standard InChI is InChI=1S/C19H18O/c1-2-6-16-11-14-12-17(10-9-15(16)5-1)18-7-3-4-8-19(18)20-13-14/h1-10,12,14,18-19H,11,13H2. The van der Waals surface area contributed by atoms with E-state index < -0.39 is 0 Å². The second-order valence-corrected chi connectivity index (χ2v) is 5.76. The van der Waals surface area contributed by atoms with Crippen molar-refractivity contribution in [2.45, 2.75) is 12.5 Å². The van der Waals surface area contributed by atoms with Crippen LogP contribution < -0.4 is 0 Å². The smallest absolute Gasteiger partial charge is 0.0862 e. The van der Waals surface area contributed by atoms with Gasteiger partial charge in [0.25, 0.3) is 0 Å². The van der Waals surface area contributed by atoms with Crippen LogP contribution in [0, 0.1) is 11.8 Å². The van der Waals surface area contributed by atoms with E-state index >= 15 is 0 Å². The van der Waals surface area contributed by atoms with Crippen molar-refractivity contribution in [3.8, 4) is 0 Å². The molecule has 4 rings (SSSR count). The highest BCUT2D eigenvalue weighted by molar-refractivity contribution is 5.59. The molecule has 0 saturated carbocycles. The average Bonchev–Trinajstić information content (AvgIpc) is 2.65. The van der Waals surface area contributed by atoms with Gasteiger partial charge in [-0.05, 0) is 23.1 Å². The number of rotatable bonds is 0. The minimum Gasteiger partial charge on any atom is -0.373 e. The zero-order chi connectivity index (χ0) is 13.4. The van der Waals surface area contributed by atoms with E-state index in [1.807, 2.05) is 0 Å². The van der Waals surface area contributed by atoms with Crippen LogP contribution in [0.3, 0.4) is 0 Å². The fraction of sp³-hybridized carbons (Fsp3) is 0.263. The second-order valence-electron chi connectivity index (χ2n) is 5.76. The van der Waals surface area contributed by atoms with Crippen molar-refractivity contribution in [3.63, 3.8) is 0 Å². The van der Waals surface area contributed by atoms with Crippen molar-refractivity contribution in [2.24, 2.45) is 11.8 Å². The Hall–Kier alpha value is -1.86. The van der Waals surface area contributed by atoms with Crippen molar-refractivity contribution in [3.05, 3.63) is 77.4 Å². The zero-order valence-corrected chi connectivity index (χ0v) is 11.4. The molecule has 1 nitrogen and oxygen atoms in total. The van der Waals surface area contributed by atoms with Crippen LogP contribution in [0.15, 0.2) is 66.3 Å². The molecule has 0 amide bonds. The lowest BCUT2D eigenvalue weighted by atomic mass is 9.85. The predicted molar refractivity (Wildman–Crippen MR) is 82.3 cm³/mol. The van der Waals surface area contributed by atoms with Crippen LogP contribution >= 0.6 is 0 Å². The van der Waals surface area contributed by atoms with Gasteiger partial charge in [-0.1, -0.05) is 66.8 Å². The maximum absolute atomic E-state index is 6.12. The van der Waals surface area contributed by atoms with Gasteiger partial charge in [-0.15, -0.1) is 0 Å². The maximum Gasteiger partial charge on any atom is 0.0862 e. The van der Waals surface area contributed by atoms with E-state index in [2.05, 4.69) is 66.8 Å². The van der Waals surface area contributed by atoms with E-state index in [4.69, 9.17) is 4.74 Å². The molecule has 1 heteroatoms. The molecule has 1 heterocycles. The van der Waals surface area contributed by atoms with E-state index in [0.29, 0.717) is 11.8 Å². The van der Waals surface area contributed by atoms with E-state index in [1.54, 1.807) is 0 Å². The van der Waals surface area contributed by atoms with Gasteiger partial charge in [0.05, 0.1) is 12.7 Å². The topological polar surface area (TPSA) is 9.23 Å². The SMILES string of the molecule is C1=CC2OCC3C=C(C=Cc4ccccc4C3)C2C=C1. The molecule has 0 saturated heterocycles. The van der Waals surface area contributed by atoms with Gasteiger partial charge in [-0.3, -0.25) is 0 Å². The first-order chi connectivity index (χ1) is 9.90. The summed E-state index contributed by atoms with van der Waals surface area (Å²) in [7, 11) is 0. The quantitative estimate of drug-likeness (QED) is 0.688. The lowest BCUT2D eigenvalue weighted by molar-refractivity contribution is 0.0574. The van der Waals surface area contributed by atoms with Crippen LogP contribution in [0.4, 0.5) is 0 Å². The van der Waals surface area contributed by atoms with Crippen molar-refractivity contribution < 1.29 is 4.74 Å². The molecule has 1 aromatic carbocycles. The number of hydrogen-bond acceptors (Lipinski definition) is 1. The highest BCUT2D eigenvalue weighted by Gasteiger charge is 2.27. The number of benzene rings is 1. The molecule has 0 radical (unpaired) electrons. The molecule has 2 bridgehead atoms. The van der Waals surface area contributed by atoms with E-state index in [0.717, 1.165) is 13.0 Å². The van der Waals surface area contributed by atoms with E-state index in [9.17, 15) is 0 Å². The van der Waals surface area contributed by atoms with Gasteiger partial charge < -0.3 is 4.74 Å². The molecule has 3 atom stereocenters. The Balaban J connectivity index is 1.77. The first kappa shape index (κ1) is 11.9. The van der Waals surface area contributed by atoms with Crippen LogP contribution in [0.1, 0.15) is 11.1 Å². The van der Waals surface area contributed by atoms with Gasteiger partial charge in [0.1, 0.15) is 0 Å². The fourth-order valence-electron chi connectivity index (χ4n) is 3.35. The van der Waals surface area contributed by atoms with Gasteiger partial charge in [-0.2, -0.15) is 0 Å². The minimum absolute atomic E-state index is 0.196. The van der Waals surface area contributed by atoms with E-state index in [1.165, 1.54) is 16.7 Å². The zero-order valence-electron chi connectivity index (χ0n) is 11.4. The van der Waals surface area contributed by atoms with Crippen molar-refractivity contribution in [1.82, 2.24) is 0 Å². The molecule has 100 valence electrons. The molecule has 1 aromatic rings. The van der Waals surface area contributed by atoms with Gasteiger partial charge in [0.15, 0.2) is 0 Å². The van der Waals surface area contributed by atoms with Gasteiger partial charge in [0.2, 0.25) is 0 Å². The number of ether oxygens (including phenoxy) is 1. The highest BCUT2D eigenvalue weighted by atomic mass is 16.5. The summed E-state index contributed by atoms with van der Waals surface area (Å²) in [6.07, 6.45) is 16.9. The van der Waals surface area contributed by atoms with Gasteiger partial charge in [-0.25, -0.2) is 0 Å². The van der Waals surface area contributed by atoms with Crippen molar-refractivity contribution in [1.29, 1.82) is 0 Å². The van der Waals surface area contributed by atoms with Crippen LogP contribution in [0.5, 0.6) is 0 Å². The van der Waals surface area contributed by atoms with Gasteiger partial charge >= 0.3 is 0 Å². The van der Waals surface area contributed by atoms with Crippen LogP contribution in [0.2, 0.25) is 0 Å². The summed E-state index contributed by atoms with van der Waals surface area (Å²) in [5.41, 5.74) is 4.16. The Morgan fingerprint density at radius 3 is 2.90 bits per heavy atom. The number of fused-ring (bicyclic) bond motifs is 4. The highest BCUT2D eigenvalue weighted by Crippen LogP contribution is 2.33. The summed E-state index contributed by atoms with van der Waals surface area (Å²) in [5.74, 6) is 0.843. The van der Waals surface area contributed by atoms with Crippen molar-refractivity contribution >= 4 is 6.08 Å². The summed E-state index contributed by atoms with van der Waals surface area (Å²) in [5, 5.41) is 0. The fourth-order valence-corrected chi connectivity index (χ4v) is 3.35. The van der Waals surface area contributed by atoms with Gasteiger partial charge in [0, 0.05) is 11.8 Å². The summed E-state index contributed by atoms with van der Waals surface area (Å²) in [6.45, 7) is 0.811. The molecule has 0 aromatic heterocycles. The summed E-state index contributed by atoms with van der Waals surface area (Å²) in [6, 6.07) is 8.68. The van der Waals surface area contributed by atoms with Crippen molar-refractivity contribution in [2.75, 3.05) is 6.61 Å². The average molecular weight is 262 g/mol. The maximum atomic E-state index is 6.12. The third-order valence-electron chi connectivity index (χ3n) is 4.39. The Morgan fingerprint density at radius 1 is 1.00 bits per heavy atom. The number of allylic oxidation sites excluding steroid dienone is 3. The molecular formula is C19H18O. The van der Waals surface area contributed by atoms with E-state index in [-0.39, 0.29) is 6.10 Å². The molecule has 0 N–H and O–H groups in total. The summed E-state index contributed by atoms with van der Waals surface area (Å²) >= 11 is 0. The molecule has 1 aliphatic heterocycles. The third kappa shape index (κ3) is 2.08. The van der Waals surface area contributed by atoms with Crippen LogP contribution in [-0.4, -0.2) is 12.7 Å². The molecule has 20 heavy (non-hydrogen) atoms. The Morgan fingerprint density at radius 2 is 1.90 bits per heavy atom. The Bertz CT molecular complexity index is 633. The predicted octanol–water partition coefficient (Wildman–Crippen LogP) is 3.94. The molecular weight excluding hydrogens is 244 g/mol. The molecule has 2 aliphatic carbocycles. The first-order valence-corrected chi connectivity index (χ1v) is 7.34. The summed E-state index contributed by atoms with van der Waals surface area (Å²) < 4.78 is 6.12. The largest absolute Gasteiger partial charge is 0.373 e. The monoisotopic (exact) mass is 262 g/mol. The summed E-state index contributed by atoms with van der Waals surface area (Å²) in [4.78, 5) is 0. The molecule has 3 unspecified atom stereocenters. The normalized spacial score (nSPS) is 30.6. The Labute approximate surface area is 120 Å². The lowest BCUT2D eigenvalue weighted by Crippen LogP contribution is -2.22. The first-order valence-electron chi connectivity index (χ1n) is 7.34. The number of hydrogen-bond donors (Lipinski definition) is 0. The molecule has 3 aliphatic rings. The minimum atomic E-state index is 0.196. The molecule has 0 fully saturated rings. The third-order valence-corrected chi connectivity index (χ3v) is 4.39. The van der Waals surface area contributed by atoms with Crippen LogP contribution in [-0.2, 0) is 11.2 Å². The Kier molecular flexibility index (Phi) is 2.93. The van der Waals surface area contributed by atoms with Crippen LogP contribution in [0.25, 0.3) is 6.08 Å². The molecule has 0 spiro atoms. The lowest BCUT2D eigenvalue weighted by Gasteiger charge is -2.23.